The van der Waals surface area contributed by atoms with Crippen molar-refractivity contribution in [2.24, 2.45) is 0 Å². The third kappa shape index (κ3) is 3.24. The monoisotopic (exact) mass is 195 g/mol. The van der Waals surface area contributed by atoms with Gasteiger partial charge in [-0.05, 0) is 6.42 Å². The van der Waals surface area contributed by atoms with Crippen molar-refractivity contribution in [3.05, 3.63) is 0 Å². The summed E-state index contributed by atoms with van der Waals surface area (Å²) >= 11 is 3.81. The first kappa shape index (κ1) is 8.85. The molecule has 1 aliphatic heterocycles. The molecule has 1 rings (SSSR count). The summed E-state index contributed by atoms with van der Waals surface area (Å²) in [5.74, 6) is 2.47. The second-order valence-corrected chi connectivity index (χ2v) is 8.01. The molecule has 0 atom stereocenters. The van der Waals surface area contributed by atoms with Gasteiger partial charge in [0.25, 0.3) is 0 Å². The number of hydrogen-bond donors (Lipinski definition) is 1. The number of rotatable bonds is 3. The maximum Gasteiger partial charge on any atom is 0.152 e. The second-order valence-electron chi connectivity index (χ2n) is 1.74. The molecule has 5 heteroatoms. The van der Waals surface area contributed by atoms with Crippen LogP contribution in [0, 0.1) is 5.41 Å². The summed E-state index contributed by atoms with van der Waals surface area (Å²) < 4.78 is 5.38. The van der Waals surface area contributed by atoms with E-state index in [2.05, 4.69) is 0 Å². The first-order valence-corrected chi connectivity index (χ1v) is 7.55. The second kappa shape index (κ2) is 5.42. The van der Waals surface area contributed by atoms with Crippen LogP contribution in [0.4, 0.5) is 0 Å². The molecule has 0 aromatic rings. The Morgan fingerprint density at radius 2 is 2.20 bits per heavy atom. The summed E-state index contributed by atoms with van der Waals surface area (Å²) in [6, 6.07) is 0. The van der Waals surface area contributed by atoms with E-state index < -0.39 is 0 Å². The molecular weight excluding hydrogens is 185 g/mol. The van der Waals surface area contributed by atoms with Crippen LogP contribution < -0.4 is 0 Å². The molecule has 0 aromatic heterocycles. The van der Waals surface area contributed by atoms with Gasteiger partial charge >= 0.3 is 0 Å². The van der Waals surface area contributed by atoms with Crippen molar-refractivity contribution < 1.29 is 4.52 Å². The van der Waals surface area contributed by atoms with Gasteiger partial charge in [-0.15, -0.1) is 0 Å². The molecule has 58 valence electrons. The van der Waals surface area contributed by atoms with Gasteiger partial charge in [0.15, 0.2) is 6.55 Å². The van der Waals surface area contributed by atoms with Crippen molar-refractivity contribution in [1.82, 2.24) is 0 Å². The van der Waals surface area contributed by atoms with Crippen LogP contribution in [0.25, 0.3) is 0 Å². The summed E-state index contributed by atoms with van der Waals surface area (Å²) in [7, 11) is 0. The van der Waals surface area contributed by atoms with Crippen LogP contribution in [-0.4, -0.2) is 24.3 Å². The lowest BCUT2D eigenvalue weighted by molar-refractivity contribution is 0.441. The third-order valence-electron chi connectivity index (χ3n) is 0.945. The van der Waals surface area contributed by atoms with Gasteiger partial charge in [0.05, 0.1) is 6.61 Å². The number of hydrogen-bond acceptors (Lipinski definition) is 4. The van der Waals surface area contributed by atoms with Gasteiger partial charge in [-0.1, -0.05) is 22.8 Å². The molecule has 1 saturated heterocycles. The van der Waals surface area contributed by atoms with Gasteiger partial charge < -0.3 is 9.93 Å². The van der Waals surface area contributed by atoms with Crippen LogP contribution in [0.3, 0.4) is 0 Å². The smallest absolute Gasteiger partial charge is 0.152 e. The lowest BCUT2D eigenvalue weighted by Gasteiger charge is -2.18. The van der Waals surface area contributed by atoms with Crippen molar-refractivity contribution in [3.63, 3.8) is 0 Å². The highest BCUT2D eigenvalue weighted by atomic mass is 33.1. The molecule has 1 fully saturated rings. The van der Waals surface area contributed by atoms with Gasteiger partial charge in [-0.25, -0.2) is 0 Å². The predicted molar refractivity (Wildman–Crippen MR) is 51.2 cm³/mol. The molecule has 0 aliphatic carbocycles. The fourth-order valence-electron chi connectivity index (χ4n) is 0.547. The van der Waals surface area contributed by atoms with E-state index in [1.807, 2.05) is 22.8 Å². The molecule has 2 nitrogen and oxygen atoms in total. The van der Waals surface area contributed by atoms with Crippen molar-refractivity contribution >= 4 is 35.5 Å². The zero-order chi connectivity index (χ0) is 7.23. The SMILES string of the molecule is N=CCOP1SCCCS1. The van der Waals surface area contributed by atoms with Crippen molar-refractivity contribution in [2.45, 2.75) is 6.42 Å². The average molecular weight is 195 g/mol. The van der Waals surface area contributed by atoms with E-state index in [0.717, 1.165) is 0 Å². The number of nitrogens with one attached hydrogen (secondary N) is 1. The standard InChI is InChI=1S/C5H10NOPS2/c6-2-3-7-8-9-4-1-5-10-8/h2,6H,1,3-5H2. The Morgan fingerprint density at radius 1 is 1.50 bits per heavy atom. The first-order valence-electron chi connectivity index (χ1n) is 3.11. The Hall–Kier alpha value is 0.760. The molecule has 0 radical (unpaired) electrons. The topological polar surface area (TPSA) is 33.1 Å². The minimum absolute atomic E-state index is 0.296. The van der Waals surface area contributed by atoms with Crippen molar-refractivity contribution in [1.29, 1.82) is 5.41 Å². The average Bonchev–Trinajstić information content (AvgIpc) is 2.03. The largest absolute Gasteiger partial charge is 0.333 e. The molecule has 0 spiro atoms. The summed E-state index contributed by atoms with van der Waals surface area (Å²) in [6.45, 7) is 0.196. The Balaban J connectivity index is 2.07. The highest BCUT2D eigenvalue weighted by molar-refractivity contribution is 8.87. The highest BCUT2D eigenvalue weighted by Gasteiger charge is 2.14. The molecule has 0 saturated carbocycles. The van der Waals surface area contributed by atoms with E-state index in [1.165, 1.54) is 24.1 Å². The molecule has 1 N–H and O–H groups in total. The van der Waals surface area contributed by atoms with Crippen molar-refractivity contribution in [2.75, 3.05) is 18.1 Å². The quantitative estimate of drug-likeness (QED) is 0.555. The summed E-state index contributed by atoms with van der Waals surface area (Å²) in [6.07, 6.45) is 2.63. The molecule has 0 aromatic carbocycles. The lowest BCUT2D eigenvalue weighted by Crippen LogP contribution is -1.92. The van der Waals surface area contributed by atoms with Crippen LogP contribution in [0.1, 0.15) is 6.42 Å². The van der Waals surface area contributed by atoms with Gasteiger partial charge in [0.1, 0.15) is 0 Å². The zero-order valence-corrected chi connectivity index (χ0v) is 8.11. The molecule has 0 unspecified atom stereocenters. The summed E-state index contributed by atoms with van der Waals surface area (Å²) in [4.78, 5) is 0. The highest BCUT2D eigenvalue weighted by Crippen LogP contribution is 2.64. The van der Waals surface area contributed by atoms with Crippen molar-refractivity contribution in [3.8, 4) is 0 Å². The summed E-state index contributed by atoms with van der Waals surface area (Å²) in [5.41, 5.74) is 0. The van der Waals surface area contributed by atoms with Crippen LogP contribution in [0.5, 0.6) is 0 Å². The Bertz CT molecular complexity index is 108. The fraction of sp³-hybridized carbons (Fsp3) is 0.800. The predicted octanol–water partition coefficient (Wildman–Crippen LogP) is 2.75. The molecule has 10 heavy (non-hydrogen) atoms. The van der Waals surface area contributed by atoms with E-state index >= 15 is 0 Å². The van der Waals surface area contributed by atoms with Gasteiger partial charge in [-0.3, -0.25) is 0 Å². The van der Waals surface area contributed by atoms with Gasteiger partial charge in [0.2, 0.25) is 0 Å². The molecule has 1 heterocycles. The first-order chi connectivity index (χ1) is 4.93. The maximum atomic E-state index is 6.76. The normalized spacial score (nSPS) is 20.8. The minimum atomic E-state index is -0.296. The van der Waals surface area contributed by atoms with Crippen LogP contribution in [0.15, 0.2) is 0 Å². The van der Waals surface area contributed by atoms with Crippen LogP contribution in [-0.2, 0) is 4.52 Å². The third-order valence-corrected chi connectivity index (χ3v) is 7.56. The van der Waals surface area contributed by atoms with E-state index in [-0.39, 0.29) is 6.55 Å². The van der Waals surface area contributed by atoms with E-state index in [1.54, 1.807) is 0 Å². The molecule has 0 bridgehead atoms. The van der Waals surface area contributed by atoms with Crippen LogP contribution in [0.2, 0.25) is 0 Å². The van der Waals surface area contributed by atoms with Gasteiger partial charge in [-0.2, -0.15) is 0 Å². The zero-order valence-electron chi connectivity index (χ0n) is 5.58. The minimum Gasteiger partial charge on any atom is -0.333 e. The van der Waals surface area contributed by atoms with Crippen LogP contribution >= 0.6 is 29.3 Å². The van der Waals surface area contributed by atoms with E-state index in [4.69, 9.17) is 9.93 Å². The maximum absolute atomic E-state index is 6.76. The fourth-order valence-corrected chi connectivity index (χ4v) is 6.71. The Labute approximate surface area is 70.3 Å². The Morgan fingerprint density at radius 3 is 2.80 bits per heavy atom. The van der Waals surface area contributed by atoms with E-state index in [0.29, 0.717) is 6.61 Å². The molecule has 1 aliphatic rings. The van der Waals surface area contributed by atoms with Gasteiger partial charge in [0, 0.05) is 17.7 Å². The molecular formula is C5H10NOPS2. The Kier molecular flexibility index (Phi) is 4.79. The molecule has 0 amide bonds. The lowest BCUT2D eigenvalue weighted by atomic mass is 10.6. The van der Waals surface area contributed by atoms with E-state index in [9.17, 15) is 0 Å². The summed E-state index contributed by atoms with van der Waals surface area (Å²) in [5, 5.41) is 6.76.